The number of aliphatic carboxylic acids is 1. The molecule has 0 aliphatic heterocycles. The van der Waals surface area contributed by atoms with E-state index >= 15 is 0 Å². The van der Waals surface area contributed by atoms with Crippen LogP contribution >= 0.6 is 0 Å². The van der Waals surface area contributed by atoms with E-state index in [9.17, 15) is 19.5 Å². The Bertz CT molecular complexity index is 485. The third-order valence-corrected chi connectivity index (χ3v) is 5.05. The van der Waals surface area contributed by atoms with E-state index in [1.54, 1.807) is 0 Å². The van der Waals surface area contributed by atoms with Crippen molar-refractivity contribution >= 4 is 18.0 Å². The summed E-state index contributed by atoms with van der Waals surface area (Å²) in [4.78, 5) is 35.3. The van der Waals surface area contributed by atoms with Crippen molar-refractivity contribution in [1.29, 1.82) is 0 Å². The van der Waals surface area contributed by atoms with Crippen LogP contribution in [0.15, 0.2) is 0 Å². The van der Waals surface area contributed by atoms with Crippen LogP contribution in [0.4, 0.5) is 4.79 Å². The van der Waals surface area contributed by atoms with Gasteiger partial charge in [-0.1, -0.05) is 52.9 Å². The molecule has 1 atom stereocenters. The van der Waals surface area contributed by atoms with Crippen LogP contribution in [0.25, 0.3) is 0 Å². The van der Waals surface area contributed by atoms with Gasteiger partial charge in [-0.05, 0) is 24.7 Å². The third kappa shape index (κ3) is 9.11. The first-order valence-corrected chi connectivity index (χ1v) is 10.1. The van der Waals surface area contributed by atoms with E-state index in [4.69, 9.17) is 9.47 Å². The molecular weight excluding hydrogens is 350 g/mol. The topological polar surface area (TPSA) is 102 Å². The van der Waals surface area contributed by atoms with Gasteiger partial charge in [0.25, 0.3) is 6.29 Å². The molecule has 7 heteroatoms. The average Bonchev–Trinajstić information content (AvgIpc) is 2.60. The van der Waals surface area contributed by atoms with Crippen molar-refractivity contribution in [2.45, 2.75) is 91.3 Å². The first-order chi connectivity index (χ1) is 12.8. The summed E-state index contributed by atoms with van der Waals surface area (Å²) in [7, 11) is 0. The minimum atomic E-state index is -0.944. The Morgan fingerprint density at radius 3 is 2.30 bits per heavy atom. The molecule has 1 aliphatic carbocycles. The third-order valence-electron chi connectivity index (χ3n) is 5.05. The lowest BCUT2D eigenvalue weighted by atomic mass is 9.72. The first-order valence-electron chi connectivity index (χ1n) is 10.1. The van der Waals surface area contributed by atoms with Crippen molar-refractivity contribution in [2.24, 2.45) is 11.3 Å². The van der Waals surface area contributed by atoms with Gasteiger partial charge in [0.1, 0.15) is 0 Å². The fraction of sp³-hybridized carbons (Fsp3) is 0.850. The number of carbonyl (C=O) groups excluding carboxylic acids is 2. The highest BCUT2D eigenvalue weighted by molar-refractivity contribution is 5.71. The number of carboxylic acid groups (broad SMARTS) is 1. The molecule has 0 aromatic carbocycles. The Morgan fingerprint density at radius 1 is 1.07 bits per heavy atom. The summed E-state index contributed by atoms with van der Waals surface area (Å²) in [6.45, 7) is 5.93. The van der Waals surface area contributed by atoms with Crippen LogP contribution in [0.1, 0.15) is 85.0 Å². The van der Waals surface area contributed by atoms with Crippen molar-refractivity contribution in [3.63, 3.8) is 0 Å². The summed E-state index contributed by atoms with van der Waals surface area (Å²) in [5.41, 5.74) is -0.423. The van der Waals surface area contributed by atoms with Gasteiger partial charge in [0.15, 0.2) is 0 Å². The smallest absolute Gasteiger partial charge is 0.410 e. The van der Waals surface area contributed by atoms with Gasteiger partial charge < -0.3 is 19.9 Å². The van der Waals surface area contributed by atoms with E-state index in [-0.39, 0.29) is 24.9 Å². The van der Waals surface area contributed by atoms with E-state index in [2.05, 4.69) is 12.2 Å². The number of rotatable bonds is 11. The van der Waals surface area contributed by atoms with Gasteiger partial charge >= 0.3 is 18.0 Å². The fourth-order valence-corrected chi connectivity index (χ4v) is 3.45. The van der Waals surface area contributed by atoms with Crippen molar-refractivity contribution in [2.75, 3.05) is 6.54 Å². The van der Waals surface area contributed by atoms with Crippen LogP contribution in [-0.4, -0.2) is 36.0 Å². The molecule has 0 radical (unpaired) electrons. The van der Waals surface area contributed by atoms with Crippen molar-refractivity contribution in [3.05, 3.63) is 0 Å². The molecule has 0 saturated heterocycles. The highest BCUT2D eigenvalue weighted by atomic mass is 16.7. The molecule has 1 fully saturated rings. The Kier molecular flexibility index (Phi) is 10.2. The molecule has 0 aromatic heterocycles. The number of carboxylic acids is 1. The molecule has 1 rings (SSSR count). The minimum absolute atomic E-state index is 0.0350. The van der Waals surface area contributed by atoms with Crippen LogP contribution in [-0.2, 0) is 19.1 Å². The number of unbranched alkanes of at least 4 members (excludes halogenated alkanes) is 2. The summed E-state index contributed by atoms with van der Waals surface area (Å²) in [5.74, 6) is -1.40. The first kappa shape index (κ1) is 23.2. The molecule has 27 heavy (non-hydrogen) atoms. The molecule has 156 valence electrons. The largest absolute Gasteiger partial charge is 0.481 e. The number of alkyl carbamates (subject to hydrolysis) is 1. The molecule has 0 spiro atoms. The van der Waals surface area contributed by atoms with Crippen molar-refractivity contribution < 1.29 is 29.0 Å². The Labute approximate surface area is 162 Å². The lowest BCUT2D eigenvalue weighted by Crippen LogP contribution is -2.42. The SMILES string of the molecule is CCCCCC(=O)OC(OC(=O)NCC1(CC(=O)O)CCCCC1)C(C)C. The van der Waals surface area contributed by atoms with Crippen LogP contribution in [0, 0.1) is 11.3 Å². The van der Waals surface area contributed by atoms with Gasteiger partial charge in [0.05, 0.1) is 6.42 Å². The Hall–Kier alpha value is -1.79. The average molecular weight is 386 g/mol. The van der Waals surface area contributed by atoms with Gasteiger partial charge in [-0.3, -0.25) is 9.59 Å². The number of carbonyl (C=O) groups is 3. The normalized spacial score (nSPS) is 17.2. The summed E-state index contributed by atoms with van der Waals surface area (Å²) < 4.78 is 10.6. The molecule has 0 bridgehead atoms. The fourth-order valence-electron chi connectivity index (χ4n) is 3.45. The number of ether oxygens (including phenoxy) is 2. The number of hydrogen-bond acceptors (Lipinski definition) is 5. The minimum Gasteiger partial charge on any atom is -0.481 e. The molecule has 0 aromatic rings. The zero-order valence-electron chi connectivity index (χ0n) is 16.9. The van der Waals surface area contributed by atoms with Gasteiger partial charge in [-0.25, -0.2) is 4.79 Å². The Morgan fingerprint density at radius 2 is 1.74 bits per heavy atom. The van der Waals surface area contributed by atoms with E-state index in [0.717, 1.165) is 51.4 Å². The van der Waals surface area contributed by atoms with Crippen molar-refractivity contribution in [3.8, 4) is 0 Å². The summed E-state index contributed by atoms with van der Waals surface area (Å²) >= 11 is 0. The molecule has 1 unspecified atom stereocenters. The molecular formula is C20H35NO6. The van der Waals surface area contributed by atoms with Crippen LogP contribution in [0.5, 0.6) is 0 Å². The number of esters is 1. The van der Waals surface area contributed by atoms with E-state index < -0.39 is 23.8 Å². The summed E-state index contributed by atoms with van der Waals surface area (Å²) in [6.07, 6.45) is 6.02. The van der Waals surface area contributed by atoms with Crippen LogP contribution < -0.4 is 5.32 Å². The number of hydrogen-bond donors (Lipinski definition) is 2. The van der Waals surface area contributed by atoms with Gasteiger partial charge in [-0.2, -0.15) is 0 Å². The Balaban J connectivity index is 2.52. The predicted molar refractivity (Wildman–Crippen MR) is 101 cm³/mol. The second-order valence-electron chi connectivity index (χ2n) is 7.95. The van der Waals surface area contributed by atoms with Crippen LogP contribution in [0.3, 0.4) is 0 Å². The highest BCUT2D eigenvalue weighted by Gasteiger charge is 2.35. The quantitative estimate of drug-likeness (QED) is 0.313. The monoisotopic (exact) mass is 385 g/mol. The standard InChI is InChI=1S/C20H35NO6/c1-4-5-7-10-17(24)26-18(15(2)3)27-19(25)21-14-20(13-16(22)23)11-8-6-9-12-20/h15,18H,4-14H2,1-3H3,(H,21,25)(H,22,23). The summed E-state index contributed by atoms with van der Waals surface area (Å²) in [6, 6.07) is 0. The molecule has 2 N–H and O–H groups in total. The zero-order chi connectivity index (χ0) is 20.3. The zero-order valence-corrected chi connectivity index (χ0v) is 16.9. The number of amides is 1. The van der Waals surface area contributed by atoms with Gasteiger partial charge in [-0.15, -0.1) is 0 Å². The van der Waals surface area contributed by atoms with Crippen molar-refractivity contribution in [1.82, 2.24) is 5.32 Å². The maximum absolute atomic E-state index is 12.2. The maximum atomic E-state index is 12.2. The van der Waals surface area contributed by atoms with Gasteiger partial charge in [0.2, 0.25) is 0 Å². The molecule has 1 amide bonds. The molecule has 0 heterocycles. The van der Waals surface area contributed by atoms with Crippen LogP contribution in [0.2, 0.25) is 0 Å². The van der Waals surface area contributed by atoms with E-state index in [1.807, 2.05) is 13.8 Å². The second kappa shape index (κ2) is 11.8. The lowest BCUT2D eigenvalue weighted by Gasteiger charge is -2.36. The highest BCUT2D eigenvalue weighted by Crippen LogP contribution is 2.38. The molecule has 1 aliphatic rings. The molecule has 1 saturated carbocycles. The number of nitrogens with one attached hydrogen (secondary N) is 1. The summed E-state index contributed by atoms with van der Waals surface area (Å²) in [5, 5.41) is 11.9. The predicted octanol–water partition coefficient (Wildman–Crippen LogP) is 4.24. The van der Waals surface area contributed by atoms with E-state index in [0.29, 0.717) is 6.42 Å². The lowest BCUT2D eigenvalue weighted by molar-refractivity contribution is -0.175. The maximum Gasteiger partial charge on any atom is 0.410 e. The second-order valence-corrected chi connectivity index (χ2v) is 7.95. The molecule has 7 nitrogen and oxygen atoms in total. The van der Waals surface area contributed by atoms with Gasteiger partial charge in [0, 0.05) is 18.9 Å². The van der Waals surface area contributed by atoms with E-state index in [1.165, 1.54) is 0 Å².